The molecule has 8 heteroatoms. The number of halogens is 1. The molecule has 3 rings (SSSR count). The van der Waals surface area contributed by atoms with E-state index < -0.39 is 5.97 Å². The number of amides is 1. The van der Waals surface area contributed by atoms with Crippen molar-refractivity contribution in [3.63, 3.8) is 0 Å². The van der Waals surface area contributed by atoms with E-state index >= 15 is 0 Å². The summed E-state index contributed by atoms with van der Waals surface area (Å²) in [6.07, 6.45) is 2.28. The molecule has 2 heterocycles. The van der Waals surface area contributed by atoms with Crippen molar-refractivity contribution in [3.8, 4) is 0 Å². The van der Waals surface area contributed by atoms with Crippen LogP contribution in [-0.2, 0) is 16.1 Å². The summed E-state index contributed by atoms with van der Waals surface area (Å²) in [6.45, 7) is 2.33. The number of benzene rings is 1. The Morgan fingerprint density at radius 3 is 2.92 bits per heavy atom. The van der Waals surface area contributed by atoms with Crippen LogP contribution in [0.1, 0.15) is 21.8 Å². The molecule has 25 heavy (non-hydrogen) atoms. The van der Waals surface area contributed by atoms with Gasteiger partial charge in [-0.1, -0.05) is 15.9 Å². The second kappa shape index (κ2) is 7.37. The van der Waals surface area contributed by atoms with Gasteiger partial charge in [0, 0.05) is 39.4 Å². The van der Waals surface area contributed by atoms with Crippen LogP contribution in [0.4, 0.5) is 5.13 Å². The van der Waals surface area contributed by atoms with Crippen LogP contribution in [0.25, 0.3) is 10.9 Å². The molecule has 0 spiro atoms. The second-order valence-corrected chi connectivity index (χ2v) is 7.54. The Kier molecular flexibility index (Phi) is 5.19. The van der Waals surface area contributed by atoms with Crippen molar-refractivity contribution >= 4 is 55.2 Å². The summed E-state index contributed by atoms with van der Waals surface area (Å²) in [5.74, 6) is -0.650. The third kappa shape index (κ3) is 3.91. The smallest absolute Gasteiger partial charge is 0.357 e. The fourth-order valence-corrected chi connectivity index (χ4v) is 3.70. The number of fused-ring (bicyclic) bond motifs is 1. The maximum absolute atomic E-state index is 12.2. The number of nitrogens with zero attached hydrogens (tertiary/aromatic N) is 2. The number of hydrogen-bond donors (Lipinski definition) is 1. The van der Waals surface area contributed by atoms with Gasteiger partial charge < -0.3 is 14.6 Å². The van der Waals surface area contributed by atoms with E-state index in [9.17, 15) is 9.59 Å². The second-order valence-electron chi connectivity index (χ2n) is 5.43. The van der Waals surface area contributed by atoms with Gasteiger partial charge >= 0.3 is 5.97 Å². The van der Waals surface area contributed by atoms with Gasteiger partial charge in [-0.25, -0.2) is 9.78 Å². The molecule has 1 aromatic carbocycles. The molecule has 0 saturated heterocycles. The maximum atomic E-state index is 12.2. The number of hydrogen-bond acceptors (Lipinski definition) is 5. The summed E-state index contributed by atoms with van der Waals surface area (Å²) in [5.41, 5.74) is 1.32. The van der Waals surface area contributed by atoms with Crippen LogP contribution >= 0.6 is 27.3 Å². The largest absolute Gasteiger partial charge is 0.464 e. The summed E-state index contributed by atoms with van der Waals surface area (Å²) in [4.78, 5) is 28.6. The van der Waals surface area contributed by atoms with Crippen molar-refractivity contribution in [2.75, 3.05) is 12.4 Å². The highest BCUT2D eigenvalue weighted by Crippen LogP contribution is 2.23. The monoisotopic (exact) mass is 421 g/mol. The third-order valence-corrected chi connectivity index (χ3v) is 5.11. The maximum Gasteiger partial charge on any atom is 0.357 e. The van der Waals surface area contributed by atoms with Crippen LogP contribution in [0.5, 0.6) is 0 Å². The summed E-state index contributed by atoms with van der Waals surface area (Å²) in [7, 11) is 1.30. The first kappa shape index (κ1) is 17.6. The summed E-state index contributed by atoms with van der Waals surface area (Å²) in [5, 5.41) is 4.27. The first-order valence-corrected chi connectivity index (χ1v) is 9.19. The van der Waals surface area contributed by atoms with Gasteiger partial charge in [0.25, 0.3) is 0 Å². The molecule has 6 nitrogen and oxygen atoms in total. The normalized spacial score (nSPS) is 10.8. The topological polar surface area (TPSA) is 73.2 Å². The lowest BCUT2D eigenvalue weighted by atomic mass is 10.2. The first-order valence-electron chi connectivity index (χ1n) is 7.58. The fraction of sp³-hybridized carbons (Fsp3) is 0.235. The van der Waals surface area contributed by atoms with E-state index in [0.717, 1.165) is 15.4 Å². The van der Waals surface area contributed by atoms with E-state index in [2.05, 4.69) is 31.0 Å². The van der Waals surface area contributed by atoms with E-state index in [4.69, 9.17) is 0 Å². The number of anilines is 1. The van der Waals surface area contributed by atoms with Crippen LogP contribution in [0, 0.1) is 6.92 Å². The molecule has 0 aliphatic carbocycles. The molecule has 0 radical (unpaired) electrons. The number of ether oxygens (including phenoxy) is 1. The molecular weight excluding hydrogens is 406 g/mol. The minimum absolute atomic E-state index is 0.149. The number of rotatable bonds is 5. The summed E-state index contributed by atoms with van der Waals surface area (Å²) in [6, 6.07) is 8.05. The Bertz CT molecular complexity index is 948. The minimum atomic E-state index is -0.501. The van der Waals surface area contributed by atoms with Crippen LogP contribution in [0.15, 0.2) is 34.9 Å². The van der Waals surface area contributed by atoms with Crippen molar-refractivity contribution in [2.24, 2.45) is 0 Å². The van der Waals surface area contributed by atoms with Crippen molar-refractivity contribution in [2.45, 2.75) is 19.9 Å². The van der Waals surface area contributed by atoms with Gasteiger partial charge in [-0.2, -0.15) is 0 Å². The van der Waals surface area contributed by atoms with Gasteiger partial charge in [0.05, 0.1) is 7.11 Å². The third-order valence-electron chi connectivity index (χ3n) is 3.73. The number of methoxy groups -OCH3 is 1. The van der Waals surface area contributed by atoms with Crippen LogP contribution in [-0.4, -0.2) is 28.5 Å². The number of aromatic nitrogens is 2. The number of carbonyl (C=O) groups is 2. The van der Waals surface area contributed by atoms with E-state index in [1.807, 2.05) is 35.0 Å². The van der Waals surface area contributed by atoms with Gasteiger partial charge in [0.1, 0.15) is 0 Å². The lowest BCUT2D eigenvalue weighted by molar-refractivity contribution is -0.116. The molecule has 0 unspecified atom stereocenters. The average Bonchev–Trinajstić information content (AvgIpc) is 3.15. The summed E-state index contributed by atoms with van der Waals surface area (Å²) >= 11 is 4.71. The van der Waals surface area contributed by atoms with Crippen molar-refractivity contribution in [3.05, 3.63) is 45.5 Å². The lowest BCUT2D eigenvalue weighted by Crippen LogP contribution is -2.14. The van der Waals surface area contributed by atoms with Gasteiger partial charge in [-0.3, -0.25) is 4.79 Å². The zero-order valence-corrected chi connectivity index (χ0v) is 16.1. The van der Waals surface area contributed by atoms with E-state index in [0.29, 0.717) is 23.0 Å². The molecule has 0 aliphatic rings. The highest BCUT2D eigenvalue weighted by molar-refractivity contribution is 9.10. The van der Waals surface area contributed by atoms with Crippen molar-refractivity contribution in [1.82, 2.24) is 9.55 Å². The number of carbonyl (C=O) groups excluding carboxylic acids is 2. The Hall–Kier alpha value is -2.19. The predicted octanol–water partition coefficient (Wildman–Crippen LogP) is 3.98. The van der Waals surface area contributed by atoms with E-state index in [1.54, 1.807) is 6.92 Å². The van der Waals surface area contributed by atoms with Crippen molar-refractivity contribution in [1.29, 1.82) is 0 Å². The molecule has 2 aromatic heterocycles. The Balaban J connectivity index is 1.64. The quantitative estimate of drug-likeness (QED) is 0.632. The molecular formula is C17H16BrN3O3S. The van der Waals surface area contributed by atoms with Crippen LogP contribution < -0.4 is 5.32 Å². The van der Waals surface area contributed by atoms with Crippen LogP contribution in [0.2, 0.25) is 0 Å². The van der Waals surface area contributed by atoms with E-state index in [-0.39, 0.29) is 11.6 Å². The Morgan fingerprint density at radius 1 is 1.36 bits per heavy atom. The van der Waals surface area contributed by atoms with Gasteiger partial charge in [0.2, 0.25) is 5.91 Å². The van der Waals surface area contributed by atoms with Gasteiger partial charge in [0.15, 0.2) is 10.8 Å². The number of nitrogens with one attached hydrogen (secondary N) is 1. The molecule has 0 atom stereocenters. The number of esters is 1. The Morgan fingerprint density at radius 2 is 2.16 bits per heavy atom. The molecule has 0 bridgehead atoms. The average molecular weight is 422 g/mol. The minimum Gasteiger partial charge on any atom is -0.464 e. The van der Waals surface area contributed by atoms with E-state index in [1.165, 1.54) is 18.4 Å². The number of thiazole rings is 1. The van der Waals surface area contributed by atoms with Gasteiger partial charge in [-0.15, -0.1) is 11.3 Å². The molecule has 0 fully saturated rings. The van der Waals surface area contributed by atoms with Crippen molar-refractivity contribution < 1.29 is 14.3 Å². The zero-order valence-electron chi connectivity index (χ0n) is 13.7. The number of aryl methyl sites for hydroxylation is 2. The summed E-state index contributed by atoms with van der Waals surface area (Å²) < 4.78 is 7.73. The molecule has 1 amide bonds. The first-order chi connectivity index (χ1) is 12.0. The molecule has 0 aliphatic heterocycles. The lowest BCUT2D eigenvalue weighted by Gasteiger charge is -2.05. The molecule has 130 valence electrons. The fourth-order valence-electron chi connectivity index (χ4n) is 2.51. The SMILES string of the molecule is COC(=O)c1nc(NC(=O)CCn2ccc3cc(Br)ccc32)sc1C. The molecule has 1 N–H and O–H groups in total. The standard InChI is InChI=1S/C17H16BrN3O3S/c1-10-15(16(23)24-2)20-17(25-10)19-14(22)6-8-21-7-5-11-9-12(18)3-4-13(11)21/h3-5,7,9H,6,8H2,1-2H3,(H,19,20,22). The highest BCUT2D eigenvalue weighted by atomic mass is 79.9. The highest BCUT2D eigenvalue weighted by Gasteiger charge is 2.17. The zero-order chi connectivity index (χ0) is 18.0. The van der Waals surface area contributed by atoms with Crippen LogP contribution in [0.3, 0.4) is 0 Å². The Labute approximate surface area is 156 Å². The van der Waals surface area contributed by atoms with Gasteiger partial charge in [-0.05, 0) is 31.2 Å². The molecule has 0 saturated carbocycles. The molecule has 3 aromatic rings. The predicted molar refractivity (Wildman–Crippen MR) is 101 cm³/mol.